The van der Waals surface area contributed by atoms with Crippen molar-refractivity contribution in [2.75, 3.05) is 12.3 Å². The van der Waals surface area contributed by atoms with Gasteiger partial charge in [0.1, 0.15) is 0 Å². The third kappa shape index (κ3) is 4.34. The van der Waals surface area contributed by atoms with Gasteiger partial charge in [-0.2, -0.15) is 13.2 Å². The molecule has 1 aromatic carbocycles. The summed E-state index contributed by atoms with van der Waals surface area (Å²) in [6.45, 7) is 1.25. The fourth-order valence-electron chi connectivity index (χ4n) is 1.35. The number of amides is 1. The molecule has 6 heteroatoms. The zero-order valence-corrected chi connectivity index (χ0v) is 9.27. The van der Waals surface area contributed by atoms with Crippen LogP contribution in [0.15, 0.2) is 18.2 Å². The van der Waals surface area contributed by atoms with Gasteiger partial charge in [0.2, 0.25) is 0 Å². The number of carbonyl (C=O) groups excluding carboxylic acids is 1. The maximum atomic E-state index is 11.9. The molecule has 0 radical (unpaired) electrons. The molecule has 0 heterocycles. The summed E-state index contributed by atoms with van der Waals surface area (Å²) in [5.74, 6) is -0.522. The molecule has 0 unspecified atom stereocenters. The van der Waals surface area contributed by atoms with Crippen LogP contribution in [-0.2, 0) is 0 Å². The Hall–Kier alpha value is -1.72. The number of benzene rings is 1. The minimum atomic E-state index is -4.26. The topological polar surface area (TPSA) is 55.1 Å². The Bertz CT molecular complexity index is 416. The van der Waals surface area contributed by atoms with E-state index in [1.54, 1.807) is 13.0 Å². The van der Waals surface area contributed by atoms with Gasteiger partial charge in [-0.05, 0) is 30.7 Å². The summed E-state index contributed by atoms with van der Waals surface area (Å²) >= 11 is 0. The van der Waals surface area contributed by atoms with E-state index in [1.165, 1.54) is 12.1 Å². The van der Waals surface area contributed by atoms with Gasteiger partial charge in [0, 0.05) is 17.8 Å². The summed E-state index contributed by atoms with van der Waals surface area (Å²) < 4.78 is 35.6. The Morgan fingerprint density at radius 1 is 1.41 bits per heavy atom. The van der Waals surface area contributed by atoms with E-state index in [0.717, 1.165) is 0 Å². The molecule has 1 aromatic rings. The van der Waals surface area contributed by atoms with Crippen molar-refractivity contribution < 1.29 is 18.0 Å². The van der Waals surface area contributed by atoms with Crippen LogP contribution in [0.25, 0.3) is 0 Å². The summed E-state index contributed by atoms with van der Waals surface area (Å²) in [6.07, 6.45) is -5.30. The summed E-state index contributed by atoms with van der Waals surface area (Å²) in [6, 6.07) is 4.62. The number of nitrogen functional groups attached to an aromatic ring is 1. The van der Waals surface area contributed by atoms with Crippen LogP contribution in [0.1, 0.15) is 22.3 Å². The second kappa shape index (κ2) is 5.07. The van der Waals surface area contributed by atoms with Gasteiger partial charge < -0.3 is 11.1 Å². The van der Waals surface area contributed by atoms with Crippen LogP contribution in [0.2, 0.25) is 0 Å². The monoisotopic (exact) mass is 246 g/mol. The van der Waals surface area contributed by atoms with Crippen LogP contribution in [0, 0.1) is 6.92 Å². The van der Waals surface area contributed by atoms with Crippen molar-refractivity contribution in [1.29, 1.82) is 0 Å². The molecule has 0 aromatic heterocycles. The Kier molecular flexibility index (Phi) is 3.98. The molecule has 0 aliphatic heterocycles. The molecule has 94 valence electrons. The van der Waals surface area contributed by atoms with Gasteiger partial charge in [0.05, 0.1) is 6.42 Å². The van der Waals surface area contributed by atoms with Crippen molar-refractivity contribution in [1.82, 2.24) is 5.32 Å². The summed E-state index contributed by atoms with van der Waals surface area (Å²) in [7, 11) is 0. The minimum absolute atomic E-state index is 0.335. The van der Waals surface area contributed by atoms with Crippen LogP contribution in [0.3, 0.4) is 0 Å². The number of aryl methyl sites for hydroxylation is 1. The van der Waals surface area contributed by atoms with E-state index in [9.17, 15) is 18.0 Å². The van der Waals surface area contributed by atoms with Gasteiger partial charge in [-0.1, -0.05) is 0 Å². The van der Waals surface area contributed by atoms with Crippen LogP contribution in [-0.4, -0.2) is 18.6 Å². The molecule has 0 bridgehead atoms. The first-order chi connectivity index (χ1) is 7.79. The Labute approximate surface area is 96.8 Å². The first kappa shape index (κ1) is 13.3. The SMILES string of the molecule is Cc1cc(N)ccc1C(=O)NCCC(F)(F)F. The second-order valence-corrected chi connectivity index (χ2v) is 3.70. The number of anilines is 1. The van der Waals surface area contributed by atoms with Gasteiger partial charge >= 0.3 is 6.18 Å². The Morgan fingerprint density at radius 2 is 2.06 bits per heavy atom. The van der Waals surface area contributed by atoms with Crippen molar-refractivity contribution in [2.45, 2.75) is 19.5 Å². The molecular weight excluding hydrogens is 233 g/mol. The number of carbonyl (C=O) groups is 1. The zero-order valence-electron chi connectivity index (χ0n) is 9.27. The summed E-state index contributed by atoms with van der Waals surface area (Å²) in [5.41, 5.74) is 6.98. The first-order valence-electron chi connectivity index (χ1n) is 5.00. The van der Waals surface area contributed by atoms with Gasteiger partial charge in [-0.15, -0.1) is 0 Å². The molecule has 1 amide bonds. The van der Waals surface area contributed by atoms with Gasteiger partial charge in [-0.25, -0.2) is 0 Å². The number of halogens is 3. The number of alkyl halides is 3. The zero-order chi connectivity index (χ0) is 13.1. The lowest BCUT2D eigenvalue weighted by Gasteiger charge is -2.09. The smallest absolute Gasteiger partial charge is 0.390 e. The second-order valence-electron chi connectivity index (χ2n) is 3.70. The molecule has 0 spiro atoms. The van der Waals surface area contributed by atoms with Crippen molar-refractivity contribution >= 4 is 11.6 Å². The maximum Gasteiger partial charge on any atom is 0.390 e. The number of nitrogens with one attached hydrogen (secondary N) is 1. The normalized spacial score (nSPS) is 11.3. The lowest BCUT2D eigenvalue weighted by molar-refractivity contribution is -0.132. The highest BCUT2D eigenvalue weighted by molar-refractivity contribution is 5.95. The fourth-order valence-corrected chi connectivity index (χ4v) is 1.35. The molecule has 0 aliphatic carbocycles. The number of nitrogens with two attached hydrogens (primary N) is 1. The fraction of sp³-hybridized carbons (Fsp3) is 0.364. The third-order valence-corrected chi connectivity index (χ3v) is 2.19. The Morgan fingerprint density at radius 3 is 2.59 bits per heavy atom. The van der Waals surface area contributed by atoms with Crippen LogP contribution in [0.4, 0.5) is 18.9 Å². The third-order valence-electron chi connectivity index (χ3n) is 2.19. The molecule has 3 nitrogen and oxygen atoms in total. The van der Waals surface area contributed by atoms with Crippen molar-refractivity contribution in [3.05, 3.63) is 29.3 Å². The van der Waals surface area contributed by atoms with Crippen LogP contribution >= 0.6 is 0 Å². The highest BCUT2D eigenvalue weighted by atomic mass is 19.4. The largest absolute Gasteiger partial charge is 0.399 e. The Balaban J connectivity index is 2.59. The number of hydrogen-bond donors (Lipinski definition) is 2. The van der Waals surface area contributed by atoms with E-state index in [4.69, 9.17) is 5.73 Å². The molecule has 17 heavy (non-hydrogen) atoms. The van der Waals surface area contributed by atoms with E-state index in [0.29, 0.717) is 16.8 Å². The number of rotatable bonds is 3. The number of hydrogen-bond acceptors (Lipinski definition) is 2. The summed E-state index contributed by atoms with van der Waals surface area (Å²) in [5, 5.41) is 2.22. The van der Waals surface area contributed by atoms with E-state index in [2.05, 4.69) is 5.32 Å². The predicted octanol–water partition coefficient (Wildman–Crippen LogP) is 2.26. The van der Waals surface area contributed by atoms with E-state index in [1.807, 2.05) is 0 Å². The predicted molar refractivity (Wildman–Crippen MR) is 58.6 cm³/mol. The standard InChI is InChI=1S/C11H13F3N2O/c1-7-6-8(15)2-3-9(7)10(17)16-5-4-11(12,13)14/h2-3,6H,4-5,15H2,1H3,(H,16,17). The average Bonchev–Trinajstić information content (AvgIpc) is 2.15. The van der Waals surface area contributed by atoms with Gasteiger partial charge in [0.25, 0.3) is 5.91 Å². The molecule has 0 saturated carbocycles. The highest BCUT2D eigenvalue weighted by Gasteiger charge is 2.26. The lowest BCUT2D eigenvalue weighted by Crippen LogP contribution is -2.28. The quantitative estimate of drug-likeness (QED) is 0.804. The average molecular weight is 246 g/mol. The van der Waals surface area contributed by atoms with Crippen LogP contribution < -0.4 is 11.1 Å². The lowest BCUT2D eigenvalue weighted by atomic mass is 10.1. The summed E-state index contributed by atoms with van der Waals surface area (Å²) in [4.78, 5) is 11.5. The molecule has 3 N–H and O–H groups in total. The van der Waals surface area contributed by atoms with Crippen molar-refractivity contribution in [3.8, 4) is 0 Å². The van der Waals surface area contributed by atoms with Crippen LogP contribution in [0.5, 0.6) is 0 Å². The van der Waals surface area contributed by atoms with Crippen molar-refractivity contribution in [3.63, 3.8) is 0 Å². The molecule has 0 aliphatic rings. The molecule has 0 atom stereocenters. The van der Waals surface area contributed by atoms with E-state index >= 15 is 0 Å². The van der Waals surface area contributed by atoms with E-state index in [-0.39, 0.29) is 0 Å². The minimum Gasteiger partial charge on any atom is -0.399 e. The first-order valence-corrected chi connectivity index (χ1v) is 5.00. The van der Waals surface area contributed by atoms with Crippen molar-refractivity contribution in [2.24, 2.45) is 0 Å². The molecular formula is C11H13F3N2O. The maximum absolute atomic E-state index is 11.9. The molecule has 0 fully saturated rings. The van der Waals surface area contributed by atoms with Gasteiger partial charge in [-0.3, -0.25) is 4.79 Å². The molecule has 1 rings (SSSR count). The van der Waals surface area contributed by atoms with E-state index < -0.39 is 25.0 Å². The molecule has 0 saturated heterocycles. The van der Waals surface area contributed by atoms with Gasteiger partial charge in [0.15, 0.2) is 0 Å². The highest BCUT2D eigenvalue weighted by Crippen LogP contribution is 2.18.